The highest BCUT2D eigenvalue weighted by Crippen LogP contribution is 2.41. The Morgan fingerprint density at radius 3 is 2.67 bits per heavy atom. The largest absolute Gasteiger partial charge is 0.497 e. The Kier molecular flexibility index (Phi) is 4.78. The van der Waals surface area contributed by atoms with Crippen LogP contribution in [0, 0.1) is 17.0 Å². The van der Waals surface area contributed by atoms with Crippen LogP contribution in [0.15, 0.2) is 36.4 Å². The first-order valence-electron chi connectivity index (χ1n) is 8.63. The average Bonchev–Trinajstić information content (AvgIpc) is 2.59. The minimum atomic E-state index is -0.457. The molecule has 1 aliphatic rings. The molecule has 0 saturated heterocycles. The molecule has 7 heteroatoms. The SMILES string of the molecule is COc1ccc2c(c1)OC(C)(C)CC2NC(=O)c1ccc([N+](=O)[O-])c(C)c1. The minimum absolute atomic E-state index is 0.00353. The smallest absolute Gasteiger partial charge is 0.272 e. The summed E-state index contributed by atoms with van der Waals surface area (Å²) in [5, 5.41) is 14.0. The van der Waals surface area contributed by atoms with Gasteiger partial charge in [-0.2, -0.15) is 0 Å². The molecule has 1 atom stereocenters. The second-order valence-electron chi connectivity index (χ2n) is 7.25. The topological polar surface area (TPSA) is 90.7 Å². The summed E-state index contributed by atoms with van der Waals surface area (Å²) in [4.78, 5) is 23.2. The summed E-state index contributed by atoms with van der Waals surface area (Å²) in [6.45, 7) is 5.54. The quantitative estimate of drug-likeness (QED) is 0.650. The Morgan fingerprint density at radius 1 is 1.30 bits per heavy atom. The van der Waals surface area contributed by atoms with Crippen molar-refractivity contribution in [1.29, 1.82) is 0 Å². The zero-order valence-electron chi connectivity index (χ0n) is 15.7. The molecule has 0 aliphatic carbocycles. The van der Waals surface area contributed by atoms with Gasteiger partial charge >= 0.3 is 0 Å². The van der Waals surface area contributed by atoms with E-state index in [1.54, 1.807) is 14.0 Å². The number of carbonyl (C=O) groups excluding carboxylic acids is 1. The number of benzene rings is 2. The summed E-state index contributed by atoms with van der Waals surface area (Å²) >= 11 is 0. The van der Waals surface area contributed by atoms with Gasteiger partial charge in [0, 0.05) is 35.2 Å². The van der Waals surface area contributed by atoms with Crippen LogP contribution in [-0.4, -0.2) is 23.5 Å². The maximum Gasteiger partial charge on any atom is 0.272 e. The summed E-state index contributed by atoms with van der Waals surface area (Å²) in [5.74, 6) is 1.08. The third-order valence-electron chi connectivity index (χ3n) is 4.64. The summed E-state index contributed by atoms with van der Waals surface area (Å²) < 4.78 is 11.3. The molecule has 1 amide bonds. The van der Waals surface area contributed by atoms with Gasteiger partial charge in [-0.05, 0) is 45.0 Å². The first kappa shape index (κ1) is 18.7. The van der Waals surface area contributed by atoms with E-state index in [2.05, 4.69) is 5.32 Å². The lowest BCUT2D eigenvalue weighted by Crippen LogP contribution is -2.41. The van der Waals surface area contributed by atoms with Gasteiger partial charge in [0.15, 0.2) is 0 Å². The van der Waals surface area contributed by atoms with E-state index >= 15 is 0 Å². The zero-order chi connectivity index (χ0) is 19.8. The van der Waals surface area contributed by atoms with Gasteiger partial charge < -0.3 is 14.8 Å². The Balaban J connectivity index is 1.88. The molecule has 0 fully saturated rings. The van der Waals surface area contributed by atoms with Crippen LogP contribution < -0.4 is 14.8 Å². The second kappa shape index (κ2) is 6.90. The van der Waals surface area contributed by atoms with E-state index < -0.39 is 10.5 Å². The number of hydrogen-bond donors (Lipinski definition) is 1. The fourth-order valence-electron chi connectivity index (χ4n) is 3.33. The number of hydrogen-bond acceptors (Lipinski definition) is 5. The fraction of sp³-hybridized carbons (Fsp3) is 0.350. The standard InChI is InChI=1S/C20H22N2O5/c1-12-9-13(5-8-17(12)22(24)25)19(23)21-16-11-20(2,3)27-18-10-14(26-4)6-7-15(16)18/h5-10,16H,11H2,1-4H3,(H,21,23). The molecule has 0 spiro atoms. The molecule has 1 N–H and O–H groups in total. The number of ether oxygens (including phenoxy) is 2. The molecule has 1 heterocycles. The molecule has 2 aromatic carbocycles. The van der Waals surface area contributed by atoms with Crippen LogP contribution in [-0.2, 0) is 0 Å². The summed E-state index contributed by atoms with van der Waals surface area (Å²) in [7, 11) is 1.59. The van der Waals surface area contributed by atoms with Crippen molar-refractivity contribution in [2.24, 2.45) is 0 Å². The van der Waals surface area contributed by atoms with Gasteiger partial charge in [-0.25, -0.2) is 0 Å². The van der Waals surface area contributed by atoms with E-state index in [1.165, 1.54) is 18.2 Å². The maximum absolute atomic E-state index is 12.7. The van der Waals surface area contributed by atoms with Crippen LogP contribution >= 0.6 is 0 Å². The molecule has 142 valence electrons. The van der Waals surface area contributed by atoms with Crippen LogP contribution in [0.5, 0.6) is 11.5 Å². The average molecular weight is 370 g/mol. The predicted molar refractivity (Wildman–Crippen MR) is 100 cm³/mol. The number of amides is 1. The Bertz CT molecular complexity index is 907. The van der Waals surface area contributed by atoms with Gasteiger partial charge in [-0.1, -0.05) is 0 Å². The van der Waals surface area contributed by atoms with Crippen molar-refractivity contribution in [3.63, 3.8) is 0 Å². The molecule has 0 bridgehead atoms. The molecule has 0 radical (unpaired) electrons. The highest BCUT2D eigenvalue weighted by atomic mass is 16.6. The van der Waals surface area contributed by atoms with Crippen LogP contribution in [0.1, 0.15) is 47.8 Å². The molecule has 3 rings (SSSR count). The Labute approximate surface area is 157 Å². The number of nitro groups is 1. The van der Waals surface area contributed by atoms with Crippen LogP contribution in [0.4, 0.5) is 5.69 Å². The van der Waals surface area contributed by atoms with Gasteiger partial charge in [-0.15, -0.1) is 0 Å². The number of nitrogens with zero attached hydrogens (tertiary/aromatic N) is 1. The van der Waals surface area contributed by atoms with Gasteiger partial charge in [0.1, 0.15) is 17.1 Å². The van der Waals surface area contributed by atoms with Crippen molar-refractivity contribution >= 4 is 11.6 Å². The molecule has 0 saturated carbocycles. The van der Waals surface area contributed by atoms with Crippen molar-refractivity contribution < 1.29 is 19.2 Å². The van der Waals surface area contributed by atoms with Crippen LogP contribution in [0.3, 0.4) is 0 Å². The van der Waals surface area contributed by atoms with E-state index in [9.17, 15) is 14.9 Å². The molecule has 7 nitrogen and oxygen atoms in total. The van der Waals surface area contributed by atoms with Crippen molar-refractivity contribution in [2.45, 2.75) is 38.8 Å². The predicted octanol–water partition coefficient (Wildman–Crippen LogP) is 3.94. The lowest BCUT2D eigenvalue weighted by Gasteiger charge is -2.38. The third-order valence-corrected chi connectivity index (χ3v) is 4.64. The molecule has 0 aromatic heterocycles. The van der Waals surface area contributed by atoms with E-state index in [0.717, 1.165) is 5.56 Å². The third kappa shape index (κ3) is 3.86. The molecule has 27 heavy (non-hydrogen) atoms. The maximum atomic E-state index is 12.7. The monoisotopic (exact) mass is 370 g/mol. The number of carbonyl (C=O) groups is 1. The first-order valence-corrected chi connectivity index (χ1v) is 8.63. The fourth-order valence-corrected chi connectivity index (χ4v) is 3.33. The number of aryl methyl sites for hydroxylation is 1. The number of methoxy groups -OCH3 is 1. The number of fused-ring (bicyclic) bond motifs is 1. The highest BCUT2D eigenvalue weighted by Gasteiger charge is 2.35. The summed E-state index contributed by atoms with van der Waals surface area (Å²) in [6, 6.07) is 9.65. The highest BCUT2D eigenvalue weighted by molar-refractivity contribution is 5.95. The molecular weight excluding hydrogens is 348 g/mol. The summed E-state index contributed by atoms with van der Waals surface area (Å²) in [5.41, 5.74) is 1.25. The zero-order valence-corrected chi connectivity index (χ0v) is 15.7. The molecule has 2 aromatic rings. The summed E-state index contributed by atoms with van der Waals surface area (Å²) in [6.07, 6.45) is 0.601. The Hall–Kier alpha value is -3.09. The van der Waals surface area contributed by atoms with Gasteiger partial charge in [-0.3, -0.25) is 14.9 Å². The van der Waals surface area contributed by atoms with Crippen molar-refractivity contribution in [3.05, 3.63) is 63.2 Å². The van der Waals surface area contributed by atoms with Gasteiger partial charge in [0.25, 0.3) is 11.6 Å². The van der Waals surface area contributed by atoms with Gasteiger partial charge in [0.2, 0.25) is 0 Å². The van der Waals surface area contributed by atoms with Gasteiger partial charge in [0.05, 0.1) is 18.1 Å². The lowest BCUT2D eigenvalue weighted by atomic mass is 9.89. The number of rotatable bonds is 4. The lowest BCUT2D eigenvalue weighted by molar-refractivity contribution is -0.385. The Morgan fingerprint density at radius 2 is 2.04 bits per heavy atom. The van der Waals surface area contributed by atoms with Crippen molar-refractivity contribution in [1.82, 2.24) is 5.32 Å². The number of nitro benzene ring substituents is 1. The van der Waals surface area contributed by atoms with Crippen molar-refractivity contribution in [2.75, 3.05) is 7.11 Å². The van der Waals surface area contributed by atoms with Crippen LogP contribution in [0.2, 0.25) is 0 Å². The van der Waals surface area contributed by atoms with E-state index in [0.29, 0.717) is 29.0 Å². The van der Waals surface area contributed by atoms with E-state index in [-0.39, 0.29) is 17.6 Å². The van der Waals surface area contributed by atoms with Crippen LogP contribution in [0.25, 0.3) is 0 Å². The van der Waals surface area contributed by atoms with E-state index in [1.807, 2.05) is 32.0 Å². The molecular formula is C20H22N2O5. The molecule has 1 aliphatic heterocycles. The second-order valence-corrected chi connectivity index (χ2v) is 7.25. The van der Waals surface area contributed by atoms with Crippen molar-refractivity contribution in [3.8, 4) is 11.5 Å². The first-order chi connectivity index (χ1) is 12.7. The minimum Gasteiger partial charge on any atom is -0.497 e. The van der Waals surface area contributed by atoms with E-state index in [4.69, 9.17) is 9.47 Å². The molecule has 1 unspecified atom stereocenters. The number of nitrogens with one attached hydrogen (secondary N) is 1. The normalized spacial score (nSPS) is 17.4.